The van der Waals surface area contributed by atoms with Gasteiger partial charge in [-0.1, -0.05) is 24.7 Å². The molecule has 0 fully saturated rings. The first-order valence-corrected chi connectivity index (χ1v) is 19.7. The summed E-state index contributed by atoms with van der Waals surface area (Å²) in [6.07, 6.45) is 15.5. The molecule has 0 aromatic heterocycles. The first kappa shape index (κ1) is 49.5. The van der Waals surface area contributed by atoms with Crippen LogP contribution in [-0.4, -0.2) is 121 Å². The zero-order valence-corrected chi connectivity index (χ0v) is 32.2. The Morgan fingerprint density at radius 3 is 1.68 bits per heavy atom. The van der Waals surface area contributed by atoms with Crippen LogP contribution in [0.3, 0.4) is 0 Å². The molecule has 0 aliphatic carbocycles. The van der Waals surface area contributed by atoms with E-state index < -0.39 is 13.6 Å². The highest BCUT2D eigenvalue weighted by molar-refractivity contribution is 7.37. The number of hydrogen-bond donors (Lipinski definition) is 4. The van der Waals surface area contributed by atoms with Gasteiger partial charge in [0.1, 0.15) is 19.5 Å². The molecule has 16 nitrogen and oxygen atoms in total. The molecular weight excluding hydrogens is 711 g/mol. The third kappa shape index (κ3) is 32.9. The zero-order valence-electron chi connectivity index (χ0n) is 31.3. The number of hydrogen-bond acceptors (Lipinski definition) is 12. The molecule has 0 aliphatic heterocycles. The Labute approximate surface area is 315 Å². The molecule has 53 heavy (non-hydrogen) atoms. The smallest absolute Gasteiger partial charge is 0.377 e. The Morgan fingerprint density at radius 2 is 1.13 bits per heavy atom. The first-order valence-electron chi connectivity index (χ1n) is 18.1. The normalized spacial score (nSPS) is 11.2. The van der Waals surface area contributed by atoms with Gasteiger partial charge in [0.2, 0.25) is 23.6 Å². The van der Waals surface area contributed by atoms with Gasteiger partial charge in [0.05, 0.1) is 46.2 Å². The predicted octanol–water partition coefficient (Wildman–Crippen LogP) is 2.11. The fraction of sp³-hybridized carbons (Fsp3) is 0.750. The van der Waals surface area contributed by atoms with E-state index in [0.29, 0.717) is 46.0 Å². The third-order valence-corrected chi connectivity index (χ3v) is 7.82. The van der Waals surface area contributed by atoms with Gasteiger partial charge in [0, 0.05) is 62.0 Å². The highest BCUT2D eigenvalue weighted by atomic mass is 31.1. The zero-order chi connectivity index (χ0) is 39.3. The number of amides is 4. The fourth-order valence-corrected chi connectivity index (χ4v) is 5.07. The van der Waals surface area contributed by atoms with Crippen LogP contribution in [0.15, 0.2) is 0 Å². The van der Waals surface area contributed by atoms with Crippen molar-refractivity contribution in [3.8, 4) is 24.7 Å². The third-order valence-electron chi connectivity index (χ3n) is 7.50. The minimum atomic E-state index is -1.78. The number of nitrogens with one attached hydrogen (secondary N) is 4. The molecule has 0 saturated carbocycles. The van der Waals surface area contributed by atoms with Crippen molar-refractivity contribution in [1.82, 2.24) is 21.3 Å². The summed E-state index contributed by atoms with van der Waals surface area (Å²) in [6, 6.07) is 0. The summed E-state index contributed by atoms with van der Waals surface area (Å²) in [6.45, 7) is 5.04. The van der Waals surface area contributed by atoms with E-state index in [1.54, 1.807) is 0 Å². The van der Waals surface area contributed by atoms with Crippen LogP contribution >= 0.6 is 8.03 Å². The van der Waals surface area contributed by atoms with Gasteiger partial charge >= 0.3 is 8.03 Å². The van der Waals surface area contributed by atoms with Crippen molar-refractivity contribution in [2.45, 2.75) is 89.0 Å². The largest absolute Gasteiger partial charge is 0.536 e. The van der Waals surface area contributed by atoms with E-state index in [1.165, 1.54) is 6.66 Å². The van der Waals surface area contributed by atoms with Crippen molar-refractivity contribution in [3.05, 3.63) is 0 Å². The van der Waals surface area contributed by atoms with Crippen molar-refractivity contribution >= 4 is 37.9 Å². The molecule has 300 valence electrons. The summed E-state index contributed by atoms with van der Waals surface area (Å²) >= 11 is 0. The molecule has 0 aromatic rings. The molecule has 4 amide bonds. The van der Waals surface area contributed by atoms with Crippen molar-refractivity contribution in [2.24, 2.45) is 0 Å². The maximum Gasteiger partial charge on any atom is 0.536 e. The average Bonchev–Trinajstić information content (AvgIpc) is 3.13. The number of aldehydes is 1. The second-order valence-electron chi connectivity index (χ2n) is 11.9. The number of terminal acetylenes is 2. The Bertz CT molecular complexity index is 1080. The predicted molar refractivity (Wildman–Crippen MR) is 197 cm³/mol. The van der Waals surface area contributed by atoms with E-state index in [0.717, 1.165) is 32.0 Å². The highest BCUT2D eigenvalue weighted by Crippen LogP contribution is 2.26. The number of carbonyl (C=O) groups excluding carboxylic acids is 5. The van der Waals surface area contributed by atoms with Gasteiger partial charge in [-0.15, -0.1) is 12.8 Å². The SMILES string of the molecule is C#CCOCCOCCNC(=O)CCC(CCC=O)(CCC(=O)NCCOCCOCC#C)NC(=O)CCCC(=O)NCCCCCCOO[P+](C)=O. The van der Waals surface area contributed by atoms with Gasteiger partial charge < -0.3 is 45.0 Å². The summed E-state index contributed by atoms with van der Waals surface area (Å²) in [7, 11) is -1.78. The molecule has 0 saturated heterocycles. The van der Waals surface area contributed by atoms with Gasteiger partial charge in [-0.25, -0.2) is 0 Å². The summed E-state index contributed by atoms with van der Waals surface area (Å²) in [4.78, 5) is 67.2. The summed E-state index contributed by atoms with van der Waals surface area (Å²) in [5, 5.41) is 11.4. The van der Waals surface area contributed by atoms with Crippen LogP contribution in [-0.2, 0) is 57.0 Å². The second kappa shape index (κ2) is 35.6. The van der Waals surface area contributed by atoms with E-state index >= 15 is 0 Å². The minimum Gasteiger partial charge on any atom is -0.377 e. The highest BCUT2D eigenvalue weighted by Gasteiger charge is 2.32. The lowest BCUT2D eigenvalue weighted by Crippen LogP contribution is -2.50. The molecule has 0 bridgehead atoms. The lowest BCUT2D eigenvalue weighted by Gasteiger charge is -2.35. The monoisotopic (exact) mass is 771 g/mol. The summed E-state index contributed by atoms with van der Waals surface area (Å²) in [5.41, 5.74) is -1.02. The minimum absolute atomic E-state index is 0.0326. The molecule has 1 unspecified atom stereocenters. The van der Waals surface area contributed by atoms with Crippen LogP contribution in [0.4, 0.5) is 0 Å². The van der Waals surface area contributed by atoms with Gasteiger partial charge in [0.25, 0.3) is 0 Å². The Kier molecular flexibility index (Phi) is 33.2. The van der Waals surface area contributed by atoms with Gasteiger partial charge in [-0.05, 0) is 43.1 Å². The van der Waals surface area contributed by atoms with Crippen LogP contribution in [0.5, 0.6) is 0 Å². The van der Waals surface area contributed by atoms with Crippen LogP contribution in [0.2, 0.25) is 0 Å². The van der Waals surface area contributed by atoms with Gasteiger partial charge in [0.15, 0.2) is 6.66 Å². The molecule has 0 aromatic carbocycles. The number of unbranched alkanes of at least 4 members (excludes halogenated alkanes) is 3. The van der Waals surface area contributed by atoms with E-state index in [1.807, 2.05) is 0 Å². The number of rotatable bonds is 37. The molecule has 0 rings (SSSR count). The number of ether oxygens (including phenoxy) is 4. The standard InChI is InChI=1S/C36H59N4O12P/c1-4-23-47-28-30-49-26-20-38-33(43)14-17-36(16-11-22-41,18-15-34(44)39-21-27-50-31-29-48-24-5-2)40-35(45)13-10-12-32(42)37-19-8-6-7-9-25-51-52-53(3)46/h1-2,22H,6-21,23-31H2,3H3,(H3-,37,38,39,40,42,43,44,45)/p+1. The quantitative estimate of drug-likeness (QED) is 0.0179. The van der Waals surface area contributed by atoms with Crippen LogP contribution in [0.25, 0.3) is 0 Å². The van der Waals surface area contributed by atoms with E-state index in [2.05, 4.69) is 37.8 Å². The van der Waals surface area contributed by atoms with E-state index in [9.17, 15) is 28.5 Å². The topological polar surface area (TPSA) is 206 Å². The van der Waals surface area contributed by atoms with E-state index in [-0.39, 0.29) is 115 Å². The Balaban J connectivity index is 4.97. The summed E-state index contributed by atoms with van der Waals surface area (Å²) < 4.78 is 36.5. The van der Waals surface area contributed by atoms with Crippen LogP contribution in [0, 0.1) is 24.7 Å². The summed E-state index contributed by atoms with van der Waals surface area (Å²) in [5.74, 6) is 3.66. The average molecular weight is 772 g/mol. The first-order chi connectivity index (χ1) is 25.7. The molecule has 0 radical (unpaired) electrons. The van der Waals surface area contributed by atoms with Crippen molar-refractivity contribution < 1.29 is 57.0 Å². The van der Waals surface area contributed by atoms with Crippen molar-refractivity contribution in [1.29, 1.82) is 0 Å². The lowest BCUT2D eigenvalue weighted by atomic mass is 9.83. The molecule has 0 aliphatic rings. The fourth-order valence-electron chi connectivity index (χ4n) is 4.84. The van der Waals surface area contributed by atoms with Gasteiger partial charge in [-0.2, -0.15) is 4.89 Å². The Morgan fingerprint density at radius 1 is 0.623 bits per heavy atom. The number of carbonyl (C=O) groups is 5. The molecular formula is C36H60N4O12P+. The second-order valence-corrected chi connectivity index (χ2v) is 13.0. The van der Waals surface area contributed by atoms with Gasteiger partial charge in [-0.3, -0.25) is 19.2 Å². The van der Waals surface area contributed by atoms with E-state index in [4.69, 9.17) is 36.7 Å². The molecule has 4 N–H and O–H groups in total. The molecule has 17 heteroatoms. The maximum atomic E-state index is 13.2. The Hall–Kier alpha value is -3.47. The maximum absolute atomic E-state index is 13.2. The van der Waals surface area contributed by atoms with Crippen molar-refractivity contribution in [2.75, 3.05) is 85.8 Å². The molecule has 0 heterocycles. The lowest BCUT2D eigenvalue weighted by molar-refractivity contribution is -0.201. The molecule has 1 atom stereocenters. The van der Waals surface area contributed by atoms with Crippen molar-refractivity contribution in [3.63, 3.8) is 0 Å². The molecule has 0 spiro atoms. The van der Waals surface area contributed by atoms with Crippen LogP contribution < -0.4 is 21.3 Å². The van der Waals surface area contributed by atoms with Crippen LogP contribution in [0.1, 0.15) is 83.5 Å².